The number of non-ortho nitro benzene ring substituents is 1. The largest absolute Gasteiger partial charge is 0.462 e. The lowest BCUT2D eigenvalue weighted by Crippen LogP contribution is -2.49. The molecule has 0 saturated carbocycles. The van der Waals surface area contributed by atoms with Crippen LogP contribution in [0.25, 0.3) is 0 Å². The zero-order chi connectivity index (χ0) is 14.0. The van der Waals surface area contributed by atoms with Gasteiger partial charge in [0.05, 0.1) is 4.92 Å². The fraction of sp³-hybridized carbons (Fsp3) is 0.273. The van der Waals surface area contributed by atoms with Crippen molar-refractivity contribution in [3.63, 3.8) is 0 Å². The van der Waals surface area contributed by atoms with Crippen LogP contribution >= 0.6 is 0 Å². The molecule has 1 aromatic carbocycles. The molecule has 1 saturated heterocycles. The molecule has 1 aliphatic heterocycles. The van der Waals surface area contributed by atoms with E-state index in [9.17, 15) is 24.8 Å². The van der Waals surface area contributed by atoms with Gasteiger partial charge in [0.1, 0.15) is 12.4 Å². The number of aliphatic hydroxyl groups is 1. The minimum absolute atomic E-state index is 0.122. The van der Waals surface area contributed by atoms with Gasteiger partial charge in [0.15, 0.2) is 6.10 Å². The van der Waals surface area contributed by atoms with Crippen LogP contribution in [0, 0.1) is 10.1 Å². The maximum Gasteiger partial charge on any atom is 0.269 e. The second kappa shape index (κ2) is 5.12. The van der Waals surface area contributed by atoms with E-state index >= 15 is 0 Å². The summed E-state index contributed by atoms with van der Waals surface area (Å²) in [6.07, 6.45) is -3.00. The highest BCUT2D eigenvalue weighted by Gasteiger charge is 2.38. The van der Waals surface area contributed by atoms with Gasteiger partial charge in [-0.05, 0) is 12.1 Å². The molecule has 0 bridgehead atoms. The van der Waals surface area contributed by atoms with Gasteiger partial charge in [-0.2, -0.15) is 0 Å². The highest BCUT2D eigenvalue weighted by Crippen LogP contribution is 2.20. The van der Waals surface area contributed by atoms with Crippen molar-refractivity contribution in [1.82, 2.24) is 0 Å². The highest BCUT2D eigenvalue weighted by molar-refractivity contribution is 6.40. The Morgan fingerprint density at radius 3 is 2.53 bits per heavy atom. The van der Waals surface area contributed by atoms with E-state index in [1.165, 1.54) is 24.3 Å². The van der Waals surface area contributed by atoms with Crippen molar-refractivity contribution in [1.29, 1.82) is 0 Å². The van der Waals surface area contributed by atoms with Crippen LogP contribution in [-0.4, -0.2) is 40.6 Å². The fourth-order valence-electron chi connectivity index (χ4n) is 1.49. The molecule has 19 heavy (non-hydrogen) atoms. The Kier molecular flexibility index (Phi) is 3.54. The Labute approximate surface area is 106 Å². The second-order valence-electron chi connectivity index (χ2n) is 3.78. The first kappa shape index (κ1) is 13.1. The predicted octanol–water partition coefficient (Wildman–Crippen LogP) is -0.171. The normalized spacial score (nSPS) is 23.2. The molecule has 8 heteroatoms. The quantitative estimate of drug-likeness (QED) is 0.459. The van der Waals surface area contributed by atoms with Gasteiger partial charge in [0.25, 0.3) is 5.69 Å². The number of nitro benzene ring substituents is 1. The van der Waals surface area contributed by atoms with Gasteiger partial charge < -0.3 is 14.6 Å². The molecule has 0 spiro atoms. The summed E-state index contributed by atoms with van der Waals surface area (Å²) in [6, 6.07) is 5.01. The van der Waals surface area contributed by atoms with Gasteiger partial charge in [-0.15, -0.1) is 0 Å². The highest BCUT2D eigenvalue weighted by atomic mass is 16.7. The van der Waals surface area contributed by atoms with Crippen molar-refractivity contribution in [2.24, 2.45) is 0 Å². The van der Waals surface area contributed by atoms with Gasteiger partial charge in [-0.25, -0.2) is 0 Å². The van der Waals surface area contributed by atoms with Crippen LogP contribution in [0.2, 0.25) is 0 Å². The molecular formula is C11H9NO7. The number of ether oxygens (including phenoxy) is 2. The summed E-state index contributed by atoms with van der Waals surface area (Å²) in [4.78, 5) is 32.1. The Balaban J connectivity index is 2.07. The molecule has 2 rings (SSSR count). The second-order valence-corrected chi connectivity index (χ2v) is 3.78. The van der Waals surface area contributed by atoms with Crippen molar-refractivity contribution >= 4 is 17.3 Å². The minimum atomic E-state index is -1.70. The van der Waals surface area contributed by atoms with E-state index in [-0.39, 0.29) is 11.4 Å². The van der Waals surface area contributed by atoms with Crippen molar-refractivity contribution in [2.75, 3.05) is 6.61 Å². The first-order valence-electron chi connectivity index (χ1n) is 5.27. The summed E-state index contributed by atoms with van der Waals surface area (Å²) >= 11 is 0. The molecule has 0 aromatic heterocycles. The molecule has 1 N–H and O–H groups in total. The Morgan fingerprint density at radius 1 is 1.32 bits per heavy atom. The fourth-order valence-corrected chi connectivity index (χ4v) is 1.49. The van der Waals surface area contributed by atoms with Gasteiger partial charge in [-0.3, -0.25) is 19.7 Å². The summed E-state index contributed by atoms with van der Waals surface area (Å²) in [7, 11) is 0. The van der Waals surface area contributed by atoms with E-state index in [4.69, 9.17) is 9.47 Å². The van der Waals surface area contributed by atoms with E-state index < -0.39 is 35.5 Å². The third kappa shape index (κ3) is 2.75. The van der Waals surface area contributed by atoms with Crippen molar-refractivity contribution in [3.05, 3.63) is 34.4 Å². The molecule has 2 atom stereocenters. The van der Waals surface area contributed by atoms with Crippen LogP contribution in [0.1, 0.15) is 0 Å². The van der Waals surface area contributed by atoms with Crippen LogP contribution in [-0.2, 0) is 14.3 Å². The number of hydrogen-bond donors (Lipinski definition) is 1. The summed E-state index contributed by atoms with van der Waals surface area (Å²) in [5.74, 6) is -1.62. The number of carbonyl (C=O) groups is 2. The number of nitro groups is 1. The van der Waals surface area contributed by atoms with Crippen LogP contribution in [0.15, 0.2) is 24.3 Å². The molecule has 1 heterocycles. The number of Topliss-reactive ketones (excluding diaryl/α,β-unsaturated/α-hetero) is 2. The minimum Gasteiger partial charge on any atom is -0.462 e. The molecule has 1 fully saturated rings. The number of aliphatic hydroxyl groups excluding tert-OH is 1. The molecule has 0 aliphatic carbocycles. The van der Waals surface area contributed by atoms with E-state index in [1.54, 1.807) is 0 Å². The molecule has 1 aromatic rings. The van der Waals surface area contributed by atoms with Crippen molar-refractivity contribution in [2.45, 2.75) is 12.4 Å². The molecule has 1 aliphatic rings. The molecule has 0 amide bonds. The van der Waals surface area contributed by atoms with Crippen LogP contribution in [0.5, 0.6) is 5.75 Å². The summed E-state index contributed by atoms with van der Waals surface area (Å²) in [5, 5.41) is 19.9. The van der Waals surface area contributed by atoms with Crippen molar-refractivity contribution < 1.29 is 29.1 Å². The predicted molar refractivity (Wildman–Crippen MR) is 59.5 cm³/mol. The van der Waals surface area contributed by atoms with Crippen LogP contribution in [0.3, 0.4) is 0 Å². The lowest BCUT2D eigenvalue weighted by molar-refractivity contribution is -0.384. The maximum atomic E-state index is 11.2. The first-order valence-corrected chi connectivity index (χ1v) is 5.27. The standard InChI is InChI=1S/C11H9NO7/c13-8-5-18-11(10(15)9(8)14)19-7-3-1-6(2-4-7)12(16)17/h1-4,10-11,15H,5H2/t10-,11+/m1/s1. The average molecular weight is 267 g/mol. The van der Waals surface area contributed by atoms with Gasteiger partial charge >= 0.3 is 0 Å². The topological polar surface area (TPSA) is 116 Å². The zero-order valence-corrected chi connectivity index (χ0v) is 9.52. The Bertz CT molecular complexity index is 524. The Hall–Kier alpha value is -2.32. The van der Waals surface area contributed by atoms with Gasteiger partial charge in [-0.1, -0.05) is 0 Å². The molecule has 0 radical (unpaired) electrons. The third-order valence-corrected chi connectivity index (χ3v) is 2.48. The van der Waals surface area contributed by atoms with E-state index in [0.717, 1.165) is 0 Å². The lowest BCUT2D eigenvalue weighted by Gasteiger charge is -2.26. The van der Waals surface area contributed by atoms with Gasteiger partial charge in [0.2, 0.25) is 17.9 Å². The number of hydrogen-bond acceptors (Lipinski definition) is 7. The van der Waals surface area contributed by atoms with Crippen LogP contribution in [0.4, 0.5) is 5.69 Å². The molecule has 100 valence electrons. The molecular weight excluding hydrogens is 258 g/mol. The van der Waals surface area contributed by atoms with Crippen molar-refractivity contribution in [3.8, 4) is 5.75 Å². The smallest absolute Gasteiger partial charge is 0.269 e. The lowest BCUT2D eigenvalue weighted by atomic mass is 10.1. The first-order chi connectivity index (χ1) is 8.99. The maximum absolute atomic E-state index is 11.2. The van der Waals surface area contributed by atoms with E-state index in [0.29, 0.717) is 0 Å². The van der Waals surface area contributed by atoms with E-state index in [2.05, 4.69) is 0 Å². The Morgan fingerprint density at radius 2 is 1.95 bits per heavy atom. The SMILES string of the molecule is O=C1CO[C@@H](Oc2ccc([N+](=O)[O-])cc2)[C@H](O)C1=O. The summed E-state index contributed by atoms with van der Waals surface area (Å²) in [6.45, 7) is -0.465. The third-order valence-electron chi connectivity index (χ3n) is 2.48. The number of benzene rings is 1. The monoisotopic (exact) mass is 267 g/mol. The number of rotatable bonds is 3. The van der Waals surface area contributed by atoms with E-state index in [1.807, 2.05) is 0 Å². The molecule has 8 nitrogen and oxygen atoms in total. The summed E-state index contributed by atoms with van der Waals surface area (Å²) < 4.78 is 10.0. The summed E-state index contributed by atoms with van der Waals surface area (Å²) in [5.41, 5.74) is -0.122. The average Bonchev–Trinajstić information content (AvgIpc) is 2.40. The number of nitrogens with zero attached hydrogens (tertiary/aromatic N) is 1. The number of carbonyl (C=O) groups excluding carboxylic acids is 2. The molecule has 0 unspecified atom stereocenters. The van der Waals surface area contributed by atoms with Crippen LogP contribution < -0.4 is 4.74 Å². The number of ketones is 2. The van der Waals surface area contributed by atoms with Gasteiger partial charge in [0, 0.05) is 12.1 Å². The zero-order valence-electron chi connectivity index (χ0n) is 9.52.